The number of ketones is 2. The average molecular weight is 595 g/mol. The molecule has 8 nitrogen and oxygen atoms in total. The SMILES string of the molecule is CCC(C)(C)n1cc(C2=C(OC(C)=O)C(=O)C(c3cn(C(C)(C)CC)c4ccccc34)=C(OC(C)=O)C2=O)c2ccccc21. The molecule has 1 aliphatic carbocycles. The van der Waals surface area contributed by atoms with E-state index in [4.69, 9.17) is 9.47 Å². The van der Waals surface area contributed by atoms with E-state index in [9.17, 15) is 19.2 Å². The van der Waals surface area contributed by atoms with E-state index in [1.807, 2.05) is 60.9 Å². The number of carbonyl (C=O) groups is 4. The van der Waals surface area contributed by atoms with Crippen LogP contribution in [0.4, 0.5) is 0 Å². The fraction of sp³-hybridized carbons (Fsp3) is 0.333. The van der Waals surface area contributed by atoms with Crippen LogP contribution in [0.3, 0.4) is 0 Å². The van der Waals surface area contributed by atoms with Gasteiger partial charge in [0.25, 0.3) is 0 Å². The number of para-hydroxylation sites is 2. The van der Waals surface area contributed by atoms with E-state index >= 15 is 0 Å². The van der Waals surface area contributed by atoms with Gasteiger partial charge >= 0.3 is 11.9 Å². The molecule has 2 aromatic heterocycles. The van der Waals surface area contributed by atoms with Crippen molar-refractivity contribution < 1.29 is 28.7 Å². The Labute approximate surface area is 256 Å². The average Bonchev–Trinajstić information content (AvgIpc) is 3.56. The zero-order valence-electron chi connectivity index (χ0n) is 26.5. The highest BCUT2D eigenvalue weighted by Gasteiger charge is 2.42. The number of Topliss-reactive ketones (excluding diaryl/α,β-unsaturated/α-hetero) is 2. The first-order valence-electron chi connectivity index (χ1n) is 14.9. The molecule has 0 saturated heterocycles. The summed E-state index contributed by atoms with van der Waals surface area (Å²) in [5.41, 5.74) is 1.60. The molecular weight excluding hydrogens is 556 g/mol. The van der Waals surface area contributed by atoms with Gasteiger partial charge in [-0.3, -0.25) is 19.2 Å². The number of ether oxygens (including phenoxy) is 2. The summed E-state index contributed by atoms with van der Waals surface area (Å²) >= 11 is 0. The van der Waals surface area contributed by atoms with Gasteiger partial charge in [0, 0.05) is 70.3 Å². The van der Waals surface area contributed by atoms with Gasteiger partial charge in [-0.2, -0.15) is 0 Å². The van der Waals surface area contributed by atoms with Gasteiger partial charge in [0.15, 0.2) is 11.5 Å². The second-order valence-corrected chi connectivity index (χ2v) is 12.4. The topological polar surface area (TPSA) is 96.6 Å². The summed E-state index contributed by atoms with van der Waals surface area (Å²) in [5, 5.41) is 1.39. The fourth-order valence-corrected chi connectivity index (χ4v) is 5.73. The molecule has 8 heteroatoms. The third kappa shape index (κ3) is 4.98. The van der Waals surface area contributed by atoms with Gasteiger partial charge in [0.2, 0.25) is 11.6 Å². The number of aromatic nitrogens is 2. The summed E-state index contributed by atoms with van der Waals surface area (Å²) in [6, 6.07) is 15.1. The molecule has 228 valence electrons. The number of nitrogens with zero attached hydrogens (tertiary/aromatic N) is 2. The van der Waals surface area contributed by atoms with E-state index in [0.717, 1.165) is 23.9 Å². The molecule has 5 rings (SSSR count). The van der Waals surface area contributed by atoms with Crippen molar-refractivity contribution >= 4 is 56.5 Å². The van der Waals surface area contributed by atoms with Crippen LogP contribution in [-0.2, 0) is 39.7 Å². The lowest BCUT2D eigenvalue weighted by Crippen LogP contribution is -2.28. The molecule has 0 spiro atoms. The molecule has 0 fully saturated rings. The van der Waals surface area contributed by atoms with Crippen LogP contribution in [0.5, 0.6) is 0 Å². The molecule has 0 aliphatic heterocycles. The van der Waals surface area contributed by atoms with Crippen LogP contribution in [-0.4, -0.2) is 32.6 Å². The monoisotopic (exact) mass is 594 g/mol. The highest BCUT2D eigenvalue weighted by Crippen LogP contribution is 2.43. The van der Waals surface area contributed by atoms with E-state index in [1.165, 1.54) is 13.8 Å². The van der Waals surface area contributed by atoms with Gasteiger partial charge in [-0.1, -0.05) is 50.2 Å². The van der Waals surface area contributed by atoms with Crippen molar-refractivity contribution in [3.05, 3.63) is 83.6 Å². The summed E-state index contributed by atoms with van der Waals surface area (Å²) in [4.78, 5) is 54.1. The summed E-state index contributed by atoms with van der Waals surface area (Å²) in [7, 11) is 0. The van der Waals surface area contributed by atoms with Gasteiger partial charge in [0.1, 0.15) is 0 Å². The quantitative estimate of drug-likeness (QED) is 0.157. The number of hydrogen-bond acceptors (Lipinski definition) is 6. The Morgan fingerprint density at radius 2 is 0.977 bits per heavy atom. The molecule has 0 atom stereocenters. The van der Waals surface area contributed by atoms with Gasteiger partial charge < -0.3 is 18.6 Å². The van der Waals surface area contributed by atoms with Crippen molar-refractivity contribution in [2.45, 2.75) is 79.3 Å². The van der Waals surface area contributed by atoms with Crippen molar-refractivity contribution in [2.24, 2.45) is 0 Å². The minimum Gasteiger partial charge on any atom is -0.422 e. The molecule has 44 heavy (non-hydrogen) atoms. The van der Waals surface area contributed by atoms with Crippen molar-refractivity contribution in [3.63, 3.8) is 0 Å². The maximum Gasteiger partial charge on any atom is 0.308 e. The number of esters is 2. The maximum absolute atomic E-state index is 14.6. The lowest BCUT2D eigenvalue weighted by Gasteiger charge is -2.27. The molecule has 4 aromatic rings. The first-order valence-corrected chi connectivity index (χ1v) is 14.9. The van der Waals surface area contributed by atoms with Crippen molar-refractivity contribution in [2.75, 3.05) is 0 Å². The predicted molar refractivity (Wildman–Crippen MR) is 170 cm³/mol. The summed E-state index contributed by atoms with van der Waals surface area (Å²) < 4.78 is 15.3. The molecular formula is C36H38N2O6. The Morgan fingerprint density at radius 3 is 1.30 bits per heavy atom. The van der Waals surface area contributed by atoms with E-state index in [-0.39, 0.29) is 22.2 Å². The first kappa shape index (κ1) is 30.7. The van der Waals surface area contributed by atoms with Crippen LogP contribution in [0.2, 0.25) is 0 Å². The highest BCUT2D eigenvalue weighted by atomic mass is 16.5. The van der Waals surface area contributed by atoms with Gasteiger partial charge in [-0.15, -0.1) is 0 Å². The fourth-order valence-electron chi connectivity index (χ4n) is 5.73. The zero-order chi connectivity index (χ0) is 32.1. The summed E-state index contributed by atoms with van der Waals surface area (Å²) in [6.45, 7) is 14.8. The van der Waals surface area contributed by atoms with E-state index in [2.05, 4.69) is 50.7 Å². The molecule has 0 bridgehead atoms. The molecule has 2 heterocycles. The molecule has 0 N–H and O–H groups in total. The van der Waals surface area contributed by atoms with Crippen molar-refractivity contribution in [1.29, 1.82) is 0 Å². The van der Waals surface area contributed by atoms with Gasteiger partial charge in [0.05, 0.1) is 11.1 Å². The number of rotatable bonds is 8. The Kier molecular flexibility index (Phi) is 7.74. The van der Waals surface area contributed by atoms with Gasteiger partial charge in [-0.05, 0) is 52.7 Å². The van der Waals surface area contributed by atoms with E-state index < -0.39 is 35.0 Å². The normalized spacial score (nSPS) is 14.6. The largest absolute Gasteiger partial charge is 0.422 e. The molecule has 0 amide bonds. The smallest absolute Gasteiger partial charge is 0.308 e. The molecule has 0 radical (unpaired) electrons. The molecule has 2 aromatic carbocycles. The van der Waals surface area contributed by atoms with Crippen molar-refractivity contribution in [1.82, 2.24) is 9.13 Å². The number of fused-ring (bicyclic) bond motifs is 2. The third-order valence-electron chi connectivity index (χ3n) is 8.81. The zero-order valence-corrected chi connectivity index (χ0v) is 26.5. The number of carbonyl (C=O) groups excluding carboxylic acids is 4. The van der Waals surface area contributed by atoms with Crippen LogP contribution in [0.25, 0.3) is 33.0 Å². The van der Waals surface area contributed by atoms with Crippen molar-refractivity contribution in [3.8, 4) is 0 Å². The molecule has 1 aliphatic rings. The minimum absolute atomic E-state index is 0.121. The number of allylic oxidation sites excluding steroid dienone is 2. The standard InChI is InChI=1S/C36H38N2O6/c1-9-35(5,6)37-19-25(23-15-11-13-17-27(23)37)29-31(41)34(44-22(4)40)30(32(42)33(29)43-21(3)39)26-20-38(36(7,8)10-2)28-18-14-12-16-24(26)28/h11-20H,9-10H2,1-8H3. The lowest BCUT2D eigenvalue weighted by atomic mass is 9.85. The van der Waals surface area contributed by atoms with Crippen LogP contribution in [0.15, 0.2) is 72.4 Å². The Morgan fingerprint density at radius 1 is 0.636 bits per heavy atom. The van der Waals surface area contributed by atoms with Gasteiger partial charge in [-0.25, -0.2) is 0 Å². The van der Waals surface area contributed by atoms with Crippen LogP contribution >= 0.6 is 0 Å². The minimum atomic E-state index is -0.749. The van der Waals surface area contributed by atoms with Crippen LogP contribution < -0.4 is 0 Å². The second kappa shape index (κ2) is 11.1. The first-order chi connectivity index (χ1) is 20.7. The predicted octanol–water partition coefficient (Wildman–Crippen LogP) is 7.29. The summed E-state index contributed by atoms with van der Waals surface area (Å²) in [6.07, 6.45) is 5.19. The molecule has 0 unspecified atom stereocenters. The Bertz CT molecular complexity index is 1790. The second-order valence-electron chi connectivity index (χ2n) is 12.4. The Balaban J connectivity index is 1.86. The van der Waals surface area contributed by atoms with Crippen LogP contribution in [0.1, 0.15) is 79.4 Å². The molecule has 0 saturated carbocycles. The highest BCUT2D eigenvalue weighted by molar-refractivity contribution is 6.48. The number of benzene rings is 2. The van der Waals surface area contributed by atoms with Crippen LogP contribution in [0, 0.1) is 0 Å². The summed E-state index contributed by atoms with van der Waals surface area (Å²) in [5.74, 6) is -3.71. The maximum atomic E-state index is 14.6. The lowest BCUT2D eigenvalue weighted by molar-refractivity contribution is -0.141. The Hall–Kier alpha value is -4.72. The number of hydrogen-bond donors (Lipinski definition) is 0. The third-order valence-corrected chi connectivity index (χ3v) is 8.81. The van der Waals surface area contributed by atoms with E-state index in [0.29, 0.717) is 21.9 Å². The van der Waals surface area contributed by atoms with E-state index in [1.54, 1.807) is 0 Å².